The van der Waals surface area contributed by atoms with Crippen LogP contribution in [0.3, 0.4) is 0 Å². The van der Waals surface area contributed by atoms with E-state index in [-0.39, 0.29) is 41.8 Å². The van der Waals surface area contributed by atoms with Crippen LogP contribution < -0.4 is 15.0 Å². The van der Waals surface area contributed by atoms with Crippen molar-refractivity contribution in [3.8, 4) is 17.0 Å². The van der Waals surface area contributed by atoms with Gasteiger partial charge in [0.2, 0.25) is 0 Å². The molecule has 4 aromatic rings. The third-order valence-corrected chi connectivity index (χ3v) is 7.73. The van der Waals surface area contributed by atoms with E-state index >= 15 is 8.78 Å². The first-order valence-electron chi connectivity index (χ1n) is 14.6. The second kappa shape index (κ2) is 13.8. The van der Waals surface area contributed by atoms with Crippen molar-refractivity contribution in [2.75, 3.05) is 31.3 Å². The number of anilines is 1. The van der Waals surface area contributed by atoms with Crippen LogP contribution in [0.5, 0.6) is 5.75 Å². The predicted molar refractivity (Wildman–Crippen MR) is 158 cm³/mol. The third kappa shape index (κ3) is 7.35. The van der Waals surface area contributed by atoms with Crippen LogP contribution in [-0.4, -0.2) is 71.6 Å². The molecule has 1 amide bonds. The summed E-state index contributed by atoms with van der Waals surface area (Å²) in [5.74, 6) is -6.66. The van der Waals surface area contributed by atoms with Crippen LogP contribution in [0, 0.1) is 11.6 Å². The molecule has 1 aliphatic heterocycles. The fourth-order valence-corrected chi connectivity index (χ4v) is 5.58. The Kier molecular flexibility index (Phi) is 9.94. The average Bonchev–Trinajstić information content (AvgIpc) is 3.03. The van der Waals surface area contributed by atoms with Gasteiger partial charge < -0.3 is 24.8 Å². The van der Waals surface area contributed by atoms with Gasteiger partial charge in [-0.3, -0.25) is 14.8 Å². The van der Waals surface area contributed by atoms with Gasteiger partial charge in [0.1, 0.15) is 40.6 Å². The average molecular weight is 699 g/mol. The number of aliphatic carboxylic acids is 1. The molecule has 2 aromatic heterocycles. The number of hydrogen-bond acceptors (Lipinski definition) is 7. The van der Waals surface area contributed by atoms with E-state index in [1.165, 1.54) is 37.4 Å². The van der Waals surface area contributed by atoms with Crippen LogP contribution >= 0.6 is 0 Å². The standard InChI is InChI=1S/C32H26F8N4O5/c1-2-49-23-7-9-42-28(26(23)32(38,39)40)19-6-5-16(18-4-3-8-41-27(18)19)12-22(30(46)47)43-29(45)25-20(33)13-17(14-21(25)34)44-10-11-48-15-24(44)31(35,36)37/h3-9,13-14,22,24H,2,10-12,15H2,1H3,(H,43,45)(H,46,47)/t22-,24+/m0/s1. The Bertz CT molecular complexity index is 1860. The van der Waals surface area contributed by atoms with Crippen molar-refractivity contribution in [3.05, 3.63) is 83.2 Å². The monoisotopic (exact) mass is 698 g/mol. The molecule has 0 radical (unpaired) electrons. The highest BCUT2D eigenvalue weighted by molar-refractivity contribution is 5.98. The largest absolute Gasteiger partial charge is 0.493 e. The minimum atomic E-state index is -4.88. The number of amides is 1. The number of pyridine rings is 2. The lowest BCUT2D eigenvalue weighted by atomic mass is 9.95. The predicted octanol–water partition coefficient (Wildman–Crippen LogP) is 6.19. The molecule has 3 heterocycles. The highest BCUT2D eigenvalue weighted by Crippen LogP contribution is 2.43. The molecular formula is C32H26F8N4O5. The van der Waals surface area contributed by atoms with Crippen molar-refractivity contribution in [1.29, 1.82) is 0 Å². The SMILES string of the molecule is CCOc1ccnc(-c2ccc(C[C@H](NC(=O)c3c(F)cc(N4CCOC[C@@H]4C(F)(F)F)cc3F)C(=O)O)c3cccnc23)c1C(F)(F)F. The number of carboxylic acids is 1. The number of hydrogen-bond donors (Lipinski definition) is 2. The molecule has 0 saturated carbocycles. The first-order chi connectivity index (χ1) is 23.1. The number of carboxylic acid groups (broad SMARTS) is 1. The van der Waals surface area contributed by atoms with Gasteiger partial charge >= 0.3 is 18.3 Å². The van der Waals surface area contributed by atoms with Gasteiger partial charge in [0.15, 0.2) is 0 Å². The number of nitrogens with zero attached hydrogens (tertiary/aromatic N) is 3. The van der Waals surface area contributed by atoms with Crippen molar-refractivity contribution in [2.24, 2.45) is 0 Å². The molecule has 1 aliphatic rings. The topological polar surface area (TPSA) is 114 Å². The van der Waals surface area contributed by atoms with E-state index in [2.05, 4.69) is 9.97 Å². The Morgan fingerprint density at radius 3 is 2.41 bits per heavy atom. The van der Waals surface area contributed by atoms with Crippen molar-refractivity contribution >= 4 is 28.5 Å². The summed E-state index contributed by atoms with van der Waals surface area (Å²) in [4.78, 5) is 34.1. The van der Waals surface area contributed by atoms with Crippen LogP contribution in [-0.2, 0) is 22.1 Å². The van der Waals surface area contributed by atoms with Crippen LogP contribution in [0.4, 0.5) is 40.8 Å². The van der Waals surface area contributed by atoms with E-state index < -0.39 is 89.2 Å². The van der Waals surface area contributed by atoms with Gasteiger partial charge in [-0.05, 0) is 36.8 Å². The summed E-state index contributed by atoms with van der Waals surface area (Å²) in [5, 5.41) is 12.1. The number of fused-ring (bicyclic) bond motifs is 1. The van der Waals surface area contributed by atoms with E-state index in [4.69, 9.17) is 9.47 Å². The summed E-state index contributed by atoms with van der Waals surface area (Å²) < 4.78 is 123. The molecule has 2 aromatic carbocycles. The number of carbonyl (C=O) groups is 2. The van der Waals surface area contributed by atoms with Crippen LogP contribution in [0.1, 0.15) is 28.4 Å². The summed E-state index contributed by atoms with van der Waals surface area (Å²) in [5.41, 5.74) is -3.23. The van der Waals surface area contributed by atoms with Crippen molar-refractivity contribution < 1.29 is 59.3 Å². The van der Waals surface area contributed by atoms with Crippen LogP contribution in [0.25, 0.3) is 22.2 Å². The van der Waals surface area contributed by atoms with Crippen molar-refractivity contribution in [1.82, 2.24) is 15.3 Å². The van der Waals surface area contributed by atoms with Gasteiger partial charge in [-0.1, -0.05) is 18.2 Å². The van der Waals surface area contributed by atoms with E-state index in [0.717, 1.165) is 12.3 Å². The highest BCUT2D eigenvalue weighted by atomic mass is 19.4. The Morgan fingerprint density at radius 2 is 1.78 bits per heavy atom. The molecule has 5 rings (SSSR count). The quantitative estimate of drug-likeness (QED) is 0.199. The molecule has 0 bridgehead atoms. The number of rotatable bonds is 9. The number of carbonyl (C=O) groups excluding carboxylic acids is 1. The second-order valence-electron chi connectivity index (χ2n) is 10.8. The second-order valence-corrected chi connectivity index (χ2v) is 10.8. The molecule has 17 heteroatoms. The fraction of sp³-hybridized carbons (Fsp3) is 0.312. The molecule has 9 nitrogen and oxygen atoms in total. The molecule has 260 valence electrons. The lowest BCUT2D eigenvalue weighted by Crippen LogP contribution is -2.53. The molecule has 1 fully saturated rings. The molecule has 1 saturated heterocycles. The third-order valence-electron chi connectivity index (χ3n) is 7.73. The first-order valence-corrected chi connectivity index (χ1v) is 14.6. The van der Waals surface area contributed by atoms with Gasteiger partial charge in [-0.15, -0.1) is 0 Å². The fourth-order valence-electron chi connectivity index (χ4n) is 5.58. The summed E-state index contributed by atoms with van der Waals surface area (Å²) in [6.07, 6.45) is -7.74. The zero-order chi connectivity index (χ0) is 35.7. The summed E-state index contributed by atoms with van der Waals surface area (Å²) in [6.45, 7) is 0.183. The first kappa shape index (κ1) is 35.3. The summed E-state index contributed by atoms with van der Waals surface area (Å²) >= 11 is 0. The van der Waals surface area contributed by atoms with E-state index in [9.17, 15) is 41.0 Å². The zero-order valence-corrected chi connectivity index (χ0v) is 25.3. The van der Waals surface area contributed by atoms with E-state index in [1.54, 1.807) is 0 Å². The van der Waals surface area contributed by atoms with Crippen molar-refractivity contribution in [3.63, 3.8) is 0 Å². The number of benzene rings is 2. The molecule has 0 spiro atoms. The number of ether oxygens (including phenoxy) is 2. The van der Waals surface area contributed by atoms with Gasteiger partial charge in [0.05, 0.1) is 31.0 Å². The smallest absolute Gasteiger partial charge is 0.422 e. The van der Waals surface area contributed by atoms with Crippen LogP contribution in [0.2, 0.25) is 0 Å². The number of aromatic nitrogens is 2. The number of alkyl halides is 6. The lowest BCUT2D eigenvalue weighted by molar-refractivity contribution is -0.167. The van der Waals surface area contributed by atoms with Gasteiger partial charge in [-0.25, -0.2) is 13.6 Å². The Balaban J connectivity index is 1.46. The van der Waals surface area contributed by atoms with E-state index in [1.807, 2.05) is 5.32 Å². The summed E-state index contributed by atoms with van der Waals surface area (Å²) in [7, 11) is 0. The molecule has 0 aliphatic carbocycles. The maximum Gasteiger partial charge on any atom is 0.422 e. The normalized spacial score (nSPS) is 16.0. The van der Waals surface area contributed by atoms with Crippen LogP contribution in [0.15, 0.2) is 54.9 Å². The zero-order valence-electron chi connectivity index (χ0n) is 25.3. The molecule has 0 unspecified atom stereocenters. The lowest BCUT2D eigenvalue weighted by Gasteiger charge is -2.38. The molecule has 49 heavy (non-hydrogen) atoms. The number of morpholine rings is 1. The minimum Gasteiger partial charge on any atom is -0.493 e. The maximum absolute atomic E-state index is 15.1. The Labute approximate surface area is 272 Å². The maximum atomic E-state index is 15.1. The Morgan fingerprint density at radius 1 is 1.06 bits per heavy atom. The number of halogens is 8. The highest BCUT2D eigenvalue weighted by Gasteiger charge is 2.46. The van der Waals surface area contributed by atoms with Gasteiger partial charge in [0.25, 0.3) is 5.91 Å². The molecular weight excluding hydrogens is 672 g/mol. The Hall–Kier alpha value is -5.06. The van der Waals surface area contributed by atoms with Crippen molar-refractivity contribution in [2.45, 2.75) is 37.8 Å². The summed E-state index contributed by atoms with van der Waals surface area (Å²) in [6, 6.07) is 3.60. The van der Waals surface area contributed by atoms with Gasteiger partial charge in [0, 0.05) is 42.0 Å². The minimum absolute atomic E-state index is 0.00932. The number of nitrogens with one attached hydrogen (secondary N) is 1. The van der Waals surface area contributed by atoms with E-state index in [0.29, 0.717) is 17.0 Å². The molecule has 2 atom stereocenters. The van der Waals surface area contributed by atoms with Gasteiger partial charge in [-0.2, -0.15) is 26.3 Å². The molecule has 2 N–H and O–H groups in total.